The minimum atomic E-state index is 0.190. The second-order valence-corrected chi connectivity index (χ2v) is 5.12. The van der Waals surface area contributed by atoms with Crippen LogP contribution in [-0.4, -0.2) is 9.97 Å². The van der Waals surface area contributed by atoms with Crippen LogP contribution < -0.4 is 0 Å². The lowest BCUT2D eigenvalue weighted by Gasteiger charge is -2.25. The number of imidazole rings is 1. The summed E-state index contributed by atoms with van der Waals surface area (Å²) in [6.07, 6.45) is 4.85. The number of hydrogen-bond acceptors (Lipinski definition) is 1. The molecule has 0 fully saturated rings. The molecule has 0 saturated carbocycles. The van der Waals surface area contributed by atoms with E-state index in [1.54, 1.807) is 0 Å². The van der Waals surface area contributed by atoms with Gasteiger partial charge in [-0.1, -0.05) is 45.7 Å². The summed E-state index contributed by atoms with van der Waals surface area (Å²) in [5.41, 5.74) is 2.42. The van der Waals surface area contributed by atoms with Gasteiger partial charge >= 0.3 is 0 Å². The molecule has 2 aromatic rings. The predicted molar refractivity (Wildman–Crippen MR) is 73.3 cm³/mol. The van der Waals surface area contributed by atoms with E-state index in [4.69, 9.17) is 4.98 Å². The fourth-order valence-electron chi connectivity index (χ4n) is 2.27. The van der Waals surface area contributed by atoms with Gasteiger partial charge in [0, 0.05) is 5.41 Å². The zero-order valence-electron chi connectivity index (χ0n) is 11.1. The van der Waals surface area contributed by atoms with Crippen LogP contribution in [0.25, 0.3) is 11.0 Å². The smallest absolute Gasteiger partial charge is 0.113 e. The lowest BCUT2D eigenvalue weighted by molar-refractivity contribution is 0.384. The summed E-state index contributed by atoms with van der Waals surface area (Å²) in [6.45, 7) is 6.82. The average Bonchev–Trinajstić information content (AvgIpc) is 2.80. The number of aromatic nitrogens is 2. The van der Waals surface area contributed by atoms with Crippen LogP contribution in [0.2, 0.25) is 0 Å². The molecule has 1 aromatic heterocycles. The predicted octanol–water partition coefficient (Wildman–Crippen LogP) is 4.42. The second kappa shape index (κ2) is 4.91. The Morgan fingerprint density at radius 1 is 1.24 bits per heavy atom. The van der Waals surface area contributed by atoms with Gasteiger partial charge in [-0.25, -0.2) is 4.98 Å². The van der Waals surface area contributed by atoms with Crippen molar-refractivity contribution in [3.05, 3.63) is 30.1 Å². The molecular weight excluding hydrogens is 208 g/mol. The molecule has 0 amide bonds. The van der Waals surface area contributed by atoms with Crippen LogP contribution in [0.4, 0.5) is 0 Å². The van der Waals surface area contributed by atoms with Crippen LogP contribution in [0.3, 0.4) is 0 Å². The Morgan fingerprint density at radius 2 is 2.00 bits per heavy atom. The molecule has 1 aromatic carbocycles. The Bertz CT molecular complexity index is 453. The number of fused-ring (bicyclic) bond motifs is 1. The van der Waals surface area contributed by atoms with E-state index in [0.717, 1.165) is 23.3 Å². The molecule has 1 N–H and O–H groups in total. The number of para-hydroxylation sites is 2. The normalized spacial score (nSPS) is 15.0. The first-order valence-corrected chi connectivity index (χ1v) is 6.65. The van der Waals surface area contributed by atoms with E-state index in [1.165, 1.54) is 19.3 Å². The molecule has 2 heteroatoms. The molecule has 1 atom stereocenters. The van der Waals surface area contributed by atoms with Crippen molar-refractivity contribution in [2.24, 2.45) is 0 Å². The van der Waals surface area contributed by atoms with Crippen LogP contribution in [0.5, 0.6) is 0 Å². The Kier molecular flexibility index (Phi) is 3.51. The molecular formula is C15H22N2. The molecule has 1 unspecified atom stereocenters. The Hall–Kier alpha value is -1.31. The van der Waals surface area contributed by atoms with E-state index in [2.05, 4.69) is 44.0 Å². The maximum Gasteiger partial charge on any atom is 0.113 e. The number of benzene rings is 1. The van der Waals surface area contributed by atoms with Gasteiger partial charge in [-0.2, -0.15) is 0 Å². The van der Waals surface area contributed by atoms with Gasteiger partial charge in [-0.3, -0.25) is 0 Å². The van der Waals surface area contributed by atoms with Gasteiger partial charge in [0.05, 0.1) is 11.0 Å². The highest BCUT2D eigenvalue weighted by molar-refractivity contribution is 5.74. The van der Waals surface area contributed by atoms with Crippen LogP contribution in [0.15, 0.2) is 24.3 Å². The van der Waals surface area contributed by atoms with Gasteiger partial charge < -0.3 is 4.98 Å². The number of unbranched alkanes of at least 4 members (excludes halogenated alkanes) is 1. The molecule has 0 aliphatic rings. The van der Waals surface area contributed by atoms with Crippen LogP contribution in [0, 0.1) is 0 Å². The fraction of sp³-hybridized carbons (Fsp3) is 0.533. The zero-order chi connectivity index (χ0) is 12.3. The highest BCUT2D eigenvalue weighted by atomic mass is 14.9. The lowest BCUT2D eigenvalue weighted by atomic mass is 9.81. The van der Waals surface area contributed by atoms with Gasteiger partial charge in [0.1, 0.15) is 5.82 Å². The third-order valence-electron chi connectivity index (χ3n) is 3.82. The summed E-state index contributed by atoms with van der Waals surface area (Å²) in [7, 11) is 0. The Labute approximate surface area is 103 Å². The molecule has 2 nitrogen and oxygen atoms in total. The number of nitrogens with one attached hydrogen (secondary N) is 1. The first-order valence-electron chi connectivity index (χ1n) is 6.65. The van der Waals surface area contributed by atoms with E-state index in [9.17, 15) is 0 Å². The van der Waals surface area contributed by atoms with Crippen molar-refractivity contribution in [3.63, 3.8) is 0 Å². The van der Waals surface area contributed by atoms with Gasteiger partial charge in [-0.05, 0) is 25.0 Å². The summed E-state index contributed by atoms with van der Waals surface area (Å²) < 4.78 is 0. The molecule has 0 aliphatic carbocycles. The summed E-state index contributed by atoms with van der Waals surface area (Å²) in [5.74, 6) is 1.15. The van der Waals surface area contributed by atoms with Gasteiger partial charge in [0.2, 0.25) is 0 Å². The number of rotatable bonds is 5. The van der Waals surface area contributed by atoms with Crippen LogP contribution in [0.1, 0.15) is 52.3 Å². The van der Waals surface area contributed by atoms with Crippen molar-refractivity contribution in [1.82, 2.24) is 9.97 Å². The molecule has 0 saturated heterocycles. The monoisotopic (exact) mass is 230 g/mol. The topological polar surface area (TPSA) is 28.7 Å². The largest absolute Gasteiger partial charge is 0.342 e. The van der Waals surface area contributed by atoms with E-state index in [0.29, 0.717) is 0 Å². The maximum absolute atomic E-state index is 4.75. The van der Waals surface area contributed by atoms with Crippen molar-refractivity contribution in [2.45, 2.75) is 51.9 Å². The van der Waals surface area contributed by atoms with Gasteiger partial charge in [0.15, 0.2) is 0 Å². The highest BCUT2D eigenvalue weighted by Gasteiger charge is 2.27. The summed E-state index contributed by atoms with van der Waals surface area (Å²) in [4.78, 5) is 8.24. The van der Waals surface area contributed by atoms with Crippen molar-refractivity contribution >= 4 is 11.0 Å². The van der Waals surface area contributed by atoms with E-state index < -0.39 is 0 Å². The molecule has 0 bridgehead atoms. The molecule has 0 aliphatic heterocycles. The molecule has 0 spiro atoms. The standard InChI is InChI=1S/C15H22N2/c1-4-6-11-15(3,5-2)14-16-12-9-7-8-10-13(12)17-14/h7-10H,4-6,11H2,1-3H3,(H,16,17). The zero-order valence-corrected chi connectivity index (χ0v) is 11.1. The average molecular weight is 230 g/mol. The molecule has 1 heterocycles. The van der Waals surface area contributed by atoms with Gasteiger partial charge in [-0.15, -0.1) is 0 Å². The quantitative estimate of drug-likeness (QED) is 0.809. The third kappa shape index (κ3) is 2.36. The van der Waals surface area contributed by atoms with Crippen molar-refractivity contribution < 1.29 is 0 Å². The maximum atomic E-state index is 4.75. The molecule has 92 valence electrons. The molecule has 17 heavy (non-hydrogen) atoms. The summed E-state index contributed by atoms with van der Waals surface area (Å²) in [5, 5.41) is 0. The van der Waals surface area contributed by atoms with Crippen LogP contribution in [-0.2, 0) is 5.41 Å². The minimum Gasteiger partial charge on any atom is -0.342 e. The lowest BCUT2D eigenvalue weighted by Crippen LogP contribution is -2.22. The first-order chi connectivity index (χ1) is 8.19. The van der Waals surface area contributed by atoms with E-state index in [1.807, 2.05) is 6.07 Å². The van der Waals surface area contributed by atoms with Crippen molar-refractivity contribution in [1.29, 1.82) is 0 Å². The van der Waals surface area contributed by atoms with Crippen molar-refractivity contribution in [3.8, 4) is 0 Å². The highest BCUT2D eigenvalue weighted by Crippen LogP contribution is 2.32. The van der Waals surface area contributed by atoms with Gasteiger partial charge in [0.25, 0.3) is 0 Å². The first kappa shape index (κ1) is 12.2. The Morgan fingerprint density at radius 3 is 2.65 bits per heavy atom. The number of hydrogen-bond donors (Lipinski definition) is 1. The van der Waals surface area contributed by atoms with E-state index in [-0.39, 0.29) is 5.41 Å². The van der Waals surface area contributed by atoms with E-state index >= 15 is 0 Å². The number of H-pyrrole nitrogens is 1. The summed E-state index contributed by atoms with van der Waals surface area (Å²) in [6, 6.07) is 8.27. The van der Waals surface area contributed by atoms with Crippen LogP contribution >= 0.6 is 0 Å². The third-order valence-corrected chi connectivity index (χ3v) is 3.82. The minimum absolute atomic E-state index is 0.190. The fourth-order valence-corrected chi connectivity index (χ4v) is 2.27. The Balaban J connectivity index is 2.35. The molecule has 2 rings (SSSR count). The second-order valence-electron chi connectivity index (χ2n) is 5.12. The number of aromatic amines is 1. The number of nitrogens with zero attached hydrogens (tertiary/aromatic N) is 1. The summed E-state index contributed by atoms with van der Waals surface area (Å²) >= 11 is 0. The molecule has 0 radical (unpaired) electrons. The van der Waals surface area contributed by atoms with Crippen molar-refractivity contribution in [2.75, 3.05) is 0 Å². The SMILES string of the molecule is CCCCC(C)(CC)c1nc2ccccc2[nH]1.